The molecular formula is C21H27N3O4. The molecule has 7 heteroatoms. The van der Waals surface area contributed by atoms with Crippen molar-refractivity contribution in [3.63, 3.8) is 0 Å². The third-order valence-corrected chi connectivity index (χ3v) is 4.88. The van der Waals surface area contributed by atoms with Gasteiger partial charge in [-0.2, -0.15) is 0 Å². The second kappa shape index (κ2) is 9.43. The van der Waals surface area contributed by atoms with Gasteiger partial charge in [0.1, 0.15) is 0 Å². The number of nitrogens with one attached hydrogen (secondary N) is 1. The zero-order chi connectivity index (χ0) is 19.9. The molecule has 1 atom stereocenters. The summed E-state index contributed by atoms with van der Waals surface area (Å²) < 4.78 is 16.3. The van der Waals surface area contributed by atoms with E-state index in [-0.39, 0.29) is 11.9 Å². The molecule has 3 rings (SSSR count). The molecule has 0 spiro atoms. The Balaban J connectivity index is 1.80. The van der Waals surface area contributed by atoms with Gasteiger partial charge < -0.3 is 25.3 Å². The molecule has 0 aromatic heterocycles. The van der Waals surface area contributed by atoms with E-state index in [0.717, 1.165) is 18.7 Å². The summed E-state index contributed by atoms with van der Waals surface area (Å²) in [6.07, 6.45) is 0. The molecule has 1 amide bonds. The minimum atomic E-state index is -0.147. The lowest BCUT2D eigenvalue weighted by molar-refractivity contribution is 0.0162. The van der Waals surface area contributed by atoms with Gasteiger partial charge in [0.2, 0.25) is 0 Å². The quantitative estimate of drug-likeness (QED) is 0.710. The van der Waals surface area contributed by atoms with E-state index in [0.29, 0.717) is 42.5 Å². The van der Waals surface area contributed by atoms with Crippen molar-refractivity contribution in [2.75, 3.05) is 52.8 Å². The molecule has 1 aliphatic rings. The standard InChI is InChI=1S/C21H27N3O4/c1-26-19-7-6-15(13-20(19)27-2)18(24-8-10-28-11-9-24)14-23-21(25)16-4-3-5-17(22)12-16/h3-7,12-13,18H,8-11,14,22H2,1-2H3,(H,23,25). The average molecular weight is 385 g/mol. The van der Waals surface area contributed by atoms with Crippen molar-refractivity contribution < 1.29 is 19.0 Å². The Kier molecular flexibility index (Phi) is 6.73. The van der Waals surface area contributed by atoms with Crippen molar-refractivity contribution in [3.05, 3.63) is 53.6 Å². The summed E-state index contributed by atoms with van der Waals surface area (Å²) in [6.45, 7) is 3.41. The number of methoxy groups -OCH3 is 2. The molecule has 0 bridgehead atoms. The Morgan fingerprint density at radius 3 is 2.57 bits per heavy atom. The number of anilines is 1. The van der Waals surface area contributed by atoms with Crippen LogP contribution in [0.4, 0.5) is 5.69 Å². The number of carbonyl (C=O) groups excluding carboxylic acids is 1. The van der Waals surface area contributed by atoms with Gasteiger partial charge in [0.05, 0.1) is 33.5 Å². The lowest BCUT2D eigenvalue weighted by Gasteiger charge is -2.35. The first-order valence-corrected chi connectivity index (χ1v) is 9.30. The fourth-order valence-corrected chi connectivity index (χ4v) is 3.38. The Hall–Kier alpha value is -2.77. The highest BCUT2D eigenvalue weighted by molar-refractivity contribution is 5.95. The lowest BCUT2D eigenvalue weighted by atomic mass is 10.0. The van der Waals surface area contributed by atoms with Gasteiger partial charge in [-0.1, -0.05) is 12.1 Å². The van der Waals surface area contributed by atoms with Gasteiger partial charge in [0.15, 0.2) is 11.5 Å². The van der Waals surface area contributed by atoms with Crippen LogP contribution in [0.5, 0.6) is 11.5 Å². The maximum Gasteiger partial charge on any atom is 0.251 e. The van der Waals surface area contributed by atoms with Crippen molar-refractivity contribution in [3.8, 4) is 11.5 Å². The molecule has 1 fully saturated rings. The lowest BCUT2D eigenvalue weighted by Crippen LogP contribution is -2.43. The third kappa shape index (κ3) is 4.74. The van der Waals surface area contributed by atoms with E-state index in [2.05, 4.69) is 10.2 Å². The number of hydrogen-bond donors (Lipinski definition) is 2. The minimum absolute atomic E-state index is 0.00582. The monoisotopic (exact) mass is 385 g/mol. The average Bonchev–Trinajstić information content (AvgIpc) is 2.74. The number of morpholine rings is 1. The molecule has 1 heterocycles. The Labute approximate surface area is 165 Å². The maximum atomic E-state index is 12.6. The number of nitrogen functional groups attached to an aromatic ring is 1. The van der Waals surface area contributed by atoms with E-state index in [1.54, 1.807) is 38.5 Å². The van der Waals surface area contributed by atoms with Crippen LogP contribution in [0.3, 0.4) is 0 Å². The van der Waals surface area contributed by atoms with Crippen LogP contribution < -0.4 is 20.5 Å². The molecule has 3 N–H and O–H groups in total. The van der Waals surface area contributed by atoms with E-state index in [9.17, 15) is 4.79 Å². The summed E-state index contributed by atoms with van der Waals surface area (Å²) >= 11 is 0. The molecule has 1 saturated heterocycles. The van der Waals surface area contributed by atoms with Crippen LogP contribution in [0.15, 0.2) is 42.5 Å². The normalized spacial score (nSPS) is 15.6. The van der Waals surface area contributed by atoms with Gasteiger partial charge in [-0.3, -0.25) is 9.69 Å². The zero-order valence-electron chi connectivity index (χ0n) is 16.3. The third-order valence-electron chi connectivity index (χ3n) is 4.88. The largest absolute Gasteiger partial charge is 0.493 e. The van der Waals surface area contributed by atoms with Crippen LogP contribution in [-0.4, -0.2) is 57.9 Å². The second-order valence-electron chi connectivity index (χ2n) is 6.61. The Morgan fingerprint density at radius 1 is 1.14 bits per heavy atom. The first kappa shape index (κ1) is 20.0. The molecule has 150 valence electrons. The summed E-state index contributed by atoms with van der Waals surface area (Å²) in [7, 11) is 3.23. The van der Waals surface area contributed by atoms with E-state index in [1.807, 2.05) is 18.2 Å². The van der Waals surface area contributed by atoms with Gasteiger partial charge in [0, 0.05) is 30.9 Å². The zero-order valence-corrected chi connectivity index (χ0v) is 16.3. The van der Waals surface area contributed by atoms with E-state index < -0.39 is 0 Å². The van der Waals surface area contributed by atoms with Crippen LogP contribution in [0, 0.1) is 0 Å². The molecule has 7 nitrogen and oxygen atoms in total. The van der Waals surface area contributed by atoms with Gasteiger partial charge in [0.25, 0.3) is 5.91 Å². The highest BCUT2D eigenvalue weighted by atomic mass is 16.5. The predicted octanol–water partition coefficient (Wildman–Crippen LogP) is 2.09. The SMILES string of the molecule is COc1ccc(C(CNC(=O)c2cccc(N)c2)N2CCOCC2)cc1OC. The number of nitrogens with zero attached hydrogens (tertiary/aromatic N) is 1. The molecule has 28 heavy (non-hydrogen) atoms. The fraction of sp³-hybridized carbons (Fsp3) is 0.381. The number of ether oxygens (including phenoxy) is 3. The summed E-state index contributed by atoms with van der Waals surface area (Å²) in [5, 5.41) is 3.04. The van der Waals surface area contributed by atoms with E-state index >= 15 is 0 Å². The van der Waals surface area contributed by atoms with Crippen LogP contribution in [0.1, 0.15) is 22.0 Å². The van der Waals surface area contributed by atoms with E-state index in [4.69, 9.17) is 19.9 Å². The van der Waals surface area contributed by atoms with Crippen LogP contribution >= 0.6 is 0 Å². The van der Waals surface area contributed by atoms with Crippen LogP contribution in [0.2, 0.25) is 0 Å². The van der Waals surface area contributed by atoms with Crippen molar-refractivity contribution in [2.45, 2.75) is 6.04 Å². The Bertz CT molecular complexity index is 806. The number of benzene rings is 2. The molecule has 2 aromatic rings. The predicted molar refractivity (Wildman–Crippen MR) is 108 cm³/mol. The van der Waals surface area contributed by atoms with Gasteiger partial charge in [-0.05, 0) is 35.9 Å². The topological polar surface area (TPSA) is 86.0 Å². The number of rotatable bonds is 7. The molecule has 0 aliphatic carbocycles. The summed E-state index contributed by atoms with van der Waals surface area (Å²) in [4.78, 5) is 14.9. The molecular weight excluding hydrogens is 358 g/mol. The summed E-state index contributed by atoms with van der Waals surface area (Å²) in [5.74, 6) is 1.20. The van der Waals surface area contributed by atoms with Crippen molar-refractivity contribution in [2.24, 2.45) is 0 Å². The first-order valence-electron chi connectivity index (χ1n) is 9.30. The van der Waals surface area contributed by atoms with Crippen molar-refractivity contribution >= 4 is 11.6 Å². The maximum absolute atomic E-state index is 12.6. The molecule has 0 saturated carbocycles. The minimum Gasteiger partial charge on any atom is -0.493 e. The molecule has 0 radical (unpaired) electrons. The number of carbonyl (C=O) groups is 1. The van der Waals surface area contributed by atoms with Crippen LogP contribution in [0.25, 0.3) is 0 Å². The molecule has 2 aromatic carbocycles. The summed E-state index contributed by atoms with van der Waals surface area (Å²) in [5.41, 5.74) is 7.96. The number of hydrogen-bond acceptors (Lipinski definition) is 6. The smallest absolute Gasteiger partial charge is 0.251 e. The molecule has 1 aliphatic heterocycles. The first-order chi connectivity index (χ1) is 13.6. The number of nitrogens with two attached hydrogens (primary N) is 1. The highest BCUT2D eigenvalue weighted by Crippen LogP contribution is 2.32. The fourth-order valence-electron chi connectivity index (χ4n) is 3.38. The van der Waals surface area contributed by atoms with Crippen molar-refractivity contribution in [1.29, 1.82) is 0 Å². The van der Waals surface area contributed by atoms with Gasteiger partial charge in [-0.25, -0.2) is 0 Å². The highest BCUT2D eigenvalue weighted by Gasteiger charge is 2.24. The van der Waals surface area contributed by atoms with Gasteiger partial charge >= 0.3 is 0 Å². The van der Waals surface area contributed by atoms with Gasteiger partial charge in [-0.15, -0.1) is 0 Å². The second-order valence-corrected chi connectivity index (χ2v) is 6.61. The van der Waals surface area contributed by atoms with E-state index in [1.165, 1.54) is 0 Å². The van der Waals surface area contributed by atoms with Crippen molar-refractivity contribution in [1.82, 2.24) is 10.2 Å². The van der Waals surface area contributed by atoms with Crippen LogP contribution in [-0.2, 0) is 4.74 Å². The molecule has 1 unspecified atom stereocenters. The Morgan fingerprint density at radius 2 is 1.89 bits per heavy atom. The summed E-state index contributed by atoms with van der Waals surface area (Å²) in [6, 6.07) is 12.8. The number of amides is 1.